The molecule has 1 N–H and O–H groups in total. The van der Waals surface area contributed by atoms with Crippen LogP contribution in [-0.4, -0.2) is 43.8 Å². The highest BCUT2D eigenvalue weighted by Crippen LogP contribution is 2.27. The number of hydrogen-bond donors (Lipinski definition) is 1. The van der Waals surface area contributed by atoms with Crippen LogP contribution in [0.1, 0.15) is 36.1 Å². The van der Waals surface area contributed by atoms with E-state index in [1.165, 1.54) is 17.0 Å². The summed E-state index contributed by atoms with van der Waals surface area (Å²) in [6, 6.07) is 31.5. The second-order valence-electron chi connectivity index (χ2n) is 11.0. The van der Waals surface area contributed by atoms with Crippen LogP contribution < -0.4 is 9.62 Å². The summed E-state index contributed by atoms with van der Waals surface area (Å²) in [5.41, 5.74) is 3.85. The molecule has 4 rings (SSSR count). The van der Waals surface area contributed by atoms with Crippen molar-refractivity contribution < 1.29 is 18.0 Å². The Hall–Kier alpha value is -4.43. The molecule has 0 saturated heterocycles. The van der Waals surface area contributed by atoms with Gasteiger partial charge in [-0.15, -0.1) is 0 Å². The van der Waals surface area contributed by atoms with Crippen molar-refractivity contribution in [2.75, 3.05) is 10.8 Å². The van der Waals surface area contributed by atoms with Gasteiger partial charge >= 0.3 is 0 Å². The van der Waals surface area contributed by atoms with Crippen LogP contribution in [0.15, 0.2) is 114 Å². The van der Waals surface area contributed by atoms with Gasteiger partial charge in [-0.25, -0.2) is 8.42 Å². The molecule has 7 nitrogen and oxygen atoms in total. The van der Waals surface area contributed by atoms with Crippen LogP contribution in [0.3, 0.4) is 0 Å². The Balaban J connectivity index is 1.81. The Labute approximate surface area is 255 Å². The van der Waals surface area contributed by atoms with Gasteiger partial charge < -0.3 is 10.2 Å². The third-order valence-corrected chi connectivity index (χ3v) is 8.79. The maximum atomic E-state index is 14.4. The Morgan fingerprint density at radius 3 is 1.79 bits per heavy atom. The minimum atomic E-state index is -4.13. The van der Waals surface area contributed by atoms with Gasteiger partial charge in [0.05, 0.1) is 10.6 Å². The minimum Gasteiger partial charge on any atom is -0.352 e. The van der Waals surface area contributed by atoms with E-state index < -0.39 is 28.5 Å². The SMILES string of the molecule is Cc1cc(C)cc(N(CC(=O)N(Cc2ccccc2)[C@H](Cc2ccccc2)C(=O)NC(C)C)S(=O)(=O)c2ccccc2)c1. The molecule has 1 atom stereocenters. The molecule has 0 unspecified atom stereocenters. The lowest BCUT2D eigenvalue weighted by molar-refractivity contribution is -0.140. The smallest absolute Gasteiger partial charge is 0.264 e. The van der Waals surface area contributed by atoms with E-state index in [1.54, 1.807) is 30.3 Å². The van der Waals surface area contributed by atoms with E-state index in [0.717, 1.165) is 26.6 Å². The van der Waals surface area contributed by atoms with Crippen LogP contribution in [0, 0.1) is 13.8 Å². The third-order valence-electron chi connectivity index (χ3n) is 7.00. The number of amides is 2. The summed E-state index contributed by atoms with van der Waals surface area (Å²) in [5.74, 6) is -0.783. The van der Waals surface area contributed by atoms with E-state index in [9.17, 15) is 18.0 Å². The number of nitrogens with zero attached hydrogens (tertiary/aromatic N) is 2. The Morgan fingerprint density at radius 1 is 0.744 bits per heavy atom. The van der Waals surface area contributed by atoms with E-state index in [1.807, 2.05) is 94.4 Å². The first-order chi connectivity index (χ1) is 20.5. The fourth-order valence-corrected chi connectivity index (χ4v) is 6.48. The Kier molecular flexibility index (Phi) is 10.4. The highest BCUT2D eigenvalue weighted by atomic mass is 32.2. The number of rotatable bonds is 12. The summed E-state index contributed by atoms with van der Waals surface area (Å²) >= 11 is 0. The number of hydrogen-bond acceptors (Lipinski definition) is 4. The van der Waals surface area contributed by atoms with Gasteiger partial charge in [-0.3, -0.25) is 13.9 Å². The summed E-state index contributed by atoms with van der Waals surface area (Å²) in [5, 5.41) is 2.98. The lowest BCUT2D eigenvalue weighted by Crippen LogP contribution is -2.54. The highest BCUT2D eigenvalue weighted by Gasteiger charge is 2.34. The third kappa shape index (κ3) is 8.32. The van der Waals surface area contributed by atoms with Crippen LogP contribution in [0.5, 0.6) is 0 Å². The number of nitrogens with one attached hydrogen (secondary N) is 1. The topological polar surface area (TPSA) is 86.8 Å². The maximum absolute atomic E-state index is 14.4. The molecule has 0 heterocycles. The zero-order chi connectivity index (χ0) is 31.0. The molecular weight excluding hydrogens is 558 g/mol. The van der Waals surface area contributed by atoms with Crippen molar-refractivity contribution >= 4 is 27.5 Å². The average molecular weight is 598 g/mol. The number of aryl methyl sites for hydroxylation is 2. The van der Waals surface area contributed by atoms with Crippen LogP contribution in [-0.2, 0) is 32.6 Å². The molecule has 2 amide bonds. The molecule has 43 heavy (non-hydrogen) atoms. The monoisotopic (exact) mass is 597 g/mol. The Morgan fingerprint density at radius 2 is 1.26 bits per heavy atom. The summed E-state index contributed by atoms with van der Waals surface area (Å²) in [7, 11) is -4.13. The molecule has 0 spiro atoms. The first-order valence-electron chi connectivity index (χ1n) is 14.4. The van der Waals surface area contributed by atoms with E-state index in [-0.39, 0.29) is 29.8 Å². The number of benzene rings is 4. The molecule has 0 fully saturated rings. The quantitative estimate of drug-likeness (QED) is 0.228. The van der Waals surface area contributed by atoms with Gasteiger partial charge in [0.25, 0.3) is 10.0 Å². The van der Waals surface area contributed by atoms with Crippen LogP contribution in [0.25, 0.3) is 0 Å². The largest absolute Gasteiger partial charge is 0.352 e. The number of carbonyl (C=O) groups excluding carboxylic acids is 2. The molecule has 0 aliphatic rings. The van der Waals surface area contributed by atoms with Gasteiger partial charge in [-0.1, -0.05) is 84.9 Å². The van der Waals surface area contributed by atoms with Crippen molar-refractivity contribution in [2.24, 2.45) is 0 Å². The normalized spacial score (nSPS) is 12.0. The van der Waals surface area contributed by atoms with Crippen molar-refractivity contribution in [3.8, 4) is 0 Å². The van der Waals surface area contributed by atoms with Crippen molar-refractivity contribution in [1.82, 2.24) is 10.2 Å². The molecule has 0 aliphatic carbocycles. The molecule has 8 heteroatoms. The van der Waals surface area contributed by atoms with E-state index in [4.69, 9.17) is 0 Å². The minimum absolute atomic E-state index is 0.0787. The number of anilines is 1. The molecule has 0 bridgehead atoms. The van der Waals surface area contributed by atoms with E-state index in [0.29, 0.717) is 5.69 Å². The van der Waals surface area contributed by atoms with Gasteiger partial charge in [0.1, 0.15) is 12.6 Å². The first kappa shape index (κ1) is 31.5. The first-order valence-corrected chi connectivity index (χ1v) is 15.8. The van der Waals surface area contributed by atoms with Gasteiger partial charge in [0, 0.05) is 19.0 Å². The molecule has 0 aromatic heterocycles. The van der Waals surface area contributed by atoms with Crippen LogP contribution >= 0.6 is 0 Å². The zero-order valence-corrected chi connectivity index (χ0v) is 25.9. The summed E-state index contributed by atoms with van der Waals surface area (Å²) in [6.45, 7) is 7.17. The summed E-state index contributed by atoms with van der Waals surface area (Å²) in [4.78, 5) is 29.8. The molecule has 0 saturated carbocycles. The molecular formula is C35H39N3O4S. The predicted molar refractivity (Wildman–Crippen MR) is 171 cm³/mol. The van der Waals surface area contributed by atoms with Crippen molar-refractivity contribution in [2.45, 2.75) is 57.6 Å². The van der Waals surface area contributed by atoms with Gasteiger partial charge in [-0.05, 0) is 74.2 Å². The summed E-state index contributed by atoms with van der Waals surface area (Å²) in [6.07, 6.45) is 0.271. The second kappa shape index (κ2) is 14.2. The maximum Gasteiger partial charge on any atom is 0.264 e. The van der Waals surface area contributed by atoms with Crippen molar-refractivity contribution in [1.29, 1.82) is 0 Å². The van der Waals surface area contributed by atoms with Crippen molar-refractivity contribution in [3.63, 3.8) is 0 Å². The molecule has 4 aromatic carbocycles. The lowest BCUT2D eigenvalue weighted by atomic mass is 10.0. The fourth-order valence-electron chi connectivity index (χ4n) is 5.06. The average Bonchev–Trinajstić information content (AvgIpc) is 2.98. The Bertz CT molecular complexity index is 1610. The van der Waals surface area contributed by atoms with Crippen LogP contribution in [0.4, 0.5) is 5.69 Å². The second-order valence-corrected chi connectivity index (χ2v) is 12.9. The van der Waals surface area contributed by atoms with Gasteiger partial charge in [0.2, 0.25) is 11.8 Å². The summed E-state index contributed by atoms with van der Waals surface area (Å²) < 4.78 is 29.3. The highest BCUT2D eigenvalue weighted by molar-refractivity contribution is 7.92. The van der Waals surface area contributed by atoms with Gasteiger partial charge in [-0.2, -0.15) is 0 Å². The predicted octanol–water partition coefficient (Wildman–Crippen LogP) is 5.66. The molecule has 0 aliphatic heterocycles. The standard InChI is InChI=1S/C35H39N3O4S/c1-26(2)36-35(40)33(23-29-14-8-5-9-15-29)37(24-30-16-10-6-11-17-30)34(39)25-38(31-21-27(3)20-28(4)22-31)43(41,42)32-18-12-7-13-19-32/h5-22,26,33H,23-25H2,1-4H3,(H,36,40)/t33-/m1/s1. The molecule has 4 aromatic rings. The zero-order valence-electron chi connectivity index (χ0n) is 25.1. The number of sulfonamides is 1. The lowest BCUT2D eigenvalue weighted by Gasteiger charge is -2.34. The van der Waals surface area contributed by atoms with Crippen LogP contribution in [0.2, 0.25) is 0 Å². The van der Waals surface area contributed by atoms with Gasteiger partial charge in [0.15, 0.2) is 0 Å². The molecule has 0 radical (unpaired) electrons. The molecule has 224 valence electrons. The van der Waals surface area contributed by atoms with E-state index >= 15 is 0 Å². The van der Waals surface area contributed by atoms with E-state index in [2.05, 4.69) is 5.32 Å². The van der Waals surface area contributed by atoms with Crippen molar-refractivity contribution in [3.05, 3.63) is 131 Å². The number of carbonyl (C=O) groups is 2. The fraction of sp³-hybridized carbons (Fsp3) is 0.257.